The third-order valence-electron chi connectivity index (χ3n) is 3.83. The molecule has 1 aliphatic rings. The number of benzene rings is 1. The number of ketones is 1. The molecule has 0 bridgehead atoms. The second kappa shape index (κ2) is 4.78. The van der Waals surface area contributed by atoms with Crippen molar-refractivity contribution in [2.45, 2.75) is 25.4 Å². The molecule has 0 spiro atoms. The van der Waals surface area contributed by atoms with E-state index < -0.39 is 0 Å². The predicted octanol–water partition coefficient (Wildman–Crippen LogP) is 2.11. The van der Waals surface area contributed by atoms with Gasteiger partial charge in [0.2, 0.25) is 0 Å². The molecule has 4 heteroatoms. The second-order valence-corrected chi connectivity index (χ2v) is 5.21. The van der Waals surface area contributed by atoms with Crippen LogP contribution in [0.4, 0.5) is 0 Å². The van der Waals surface area contributed by atoms with Crippen LogP contribution in [-0.4, -0.2) is 28.5 Å². The molecule has 1 heterocycles. The standard InChI is InChI=1S/C15H18N2O2/c1-17-12-6-4-3-5-11(12)16-14(17)9-13(18)15(19-2)10-7-8-10/h3-6,10,15H,7-9H2,1-2H3. The normalized spacial score (nSPS) is 16.7. The number of hydrogen-bond acceptors (Lipinski definition) is 3. The number of para-hydroxylation sites is 2. The number of rotatable bonds is 5. The topological polar surface area (TPSA) is 44.1 Å². The number of aromatic nitrogens is 2. The Morgan fingerprint density at radius 1 is 1.47 bits per heavy atom. The molecule has 1 aromatic carbocycles. The van der Waals surface area contributed by atoms with Crippen molar-refractivity contribution in [1.82, 2.24) is 9.55 Å². The van der Waals surface area contributed by atoms with Gasteiger partial charge in [-0.15, -0.1) is 0 Å². The minimum atomic E-state index is -0.250. The van der Waals surface area contributed by atoms with E-state index in [-0.39, 0.29) is 11.9 Å². The molecule has 100 valence electrons. The largest absolute Gasteiger partial charge is 0.373 e. The molecule has 19 heavy (non-hydrogen) atoms. The molecule has 0 amide bonds. The Hall–Kier alpha value is -1.68. The highest BCUT2D eigenvalue weighted by atomic mass is 16.5. The summed E-state index contributed by atoms with van der Waals surface area (Å²) in [7, 11) is 3.58. The van der Waals surface area contributed by atoms with Crippen LogP contribution in [0.1, 0.15) is 18.7 Å². The van der Waals surface area contributed by atoms with Crippen molar-refractivity contribution in [3.8, 4) is 0 Å². The summed E-state index contributed by atoms with van der Waals surface area (Å²) in [6.07, 6.45) is 2.31. The highest BCUT2D eigenvalue weighted by Gasteiger charge is 2.36. The number of Topliss-reactive ketones (excluding diaryl/α,β-unsaturated/α-hetero) is 1. The van der Waals surface area contributed by atoms with Crippen LogP contribution in [0, 0.1) is 5.92 Å². The zero-order chi connectivity index (χ0) is 13.4. The average Bonchev–Trinajstić information content (AvgIpc) is 3.18. The van der Waals surface area contributed by atoms with Crippen molar-refractivity contribution in [2.75, 3.05) is 7.11 Å². The van der Waals surface area contributed by atoms with Crippen LogP contribution in [0.15, 0.2) is 24.3 Å². The predicted molar refractivity (Wildman–Crippen MR) is 72.9 cm³/mol. The van der Waals surface area contributed by atoms with Gasteiger partial charge in [-0.1, -0.05) is 12.1 Å². The zero-order valence-corrected chi connectivity index (χ0v) is 11.3. The van der Waals surface area contributed by atoms with Crippen LogP contribution >= 0.6 is 0 Å². The van der Waals surface area contributed by atoms with Gasteiger partial charge in [0.05, 0.1) is 17.5 Å². The van der Waals surface area contributed by atoms with E-state index in [1.807, 2.05) is 35.9 Å². The summed E-state index contributed by atoms with van der Waals surface area (Å²) in [6.45, 7) is 0. The van der Waals surface area contributed by atoms with E-state index in [0.29, 0.717) is 12.3 Å². The lowest BCUT2D eigenvalue weighted by atomic mass is 10.1. The van der Waals surface area contributed by atoms with Crippen LogP contribution in [0.2, 0.25) is 0 Å². The maximum absolute atomic E-state index is 12.3. The number of aryl methyl sites for hydroxylation is 1. The molecule has 0 aliphatic heterocycles. The highest BCUT2D eigenvalue weighted by molar-refractivity contribution is 5.86. The van der Waals surface area contributed by atoms with Gasteiger partial charge in [-0.25, -0.2) is 4.98 Å². The summed E-state index contributed by atoms with van der Waals surface area (Å²) in [6, 6.07) is 7.93. The van der Waals surface area contributed by atoms with Crippen LogP contribution in [-0.2, 0) is 23.0 Å². The highest BCUT2D eigenvalue weighted by Crippen LogP contribution is 2.34. The van der Waals surface area contributed by atoms with Crippen molar-refractivity contribution < 1.29 is 9.53 Å². The Bertz CT molecular complexity index is 614. The Kier molecular flexibility index (Phi) is 3.11. The lowest BCUT2D eigenvalue weighted by Crippen LogP contribution is -2.27. The minimum Gasteiger partial charge on any atom is -0.373 e. The van der Waals surface area contributed by atoms with Gasteiger partial charge < -0.3 is 9.30 Å². The van der Waals surface area contributed by atoms with Gasteiger partial charge in [0.25, 0.3) is 0 Å². The Morgan fingerprint density at radius 3 is 2.84 bits per heavy atom. The van der Waals surface area contributed by atoms with Gasteiger partial charge in [-0.2, -0.15) is 0 Å². The molecule has 1 atom stereocenters. The second-order valence-electron chi connectivity index (χ2n) is 5.21. The molecule has 1 unspecified atom stereocenters. The van der Waals surface area contributed by atoms with Crippen LogP contribution in [0.3, 0.4) is 0 Å². The maximum Gasteiger partial charge on any atom is 0.169 e. The minimum absolute atomic E-state index is 0.142. The van der Waals surface area contributed by atoms with Crippen molar-refractivity contribution in [3.05, 3.63) is 30.1 Å². The number of imidazole rings is 1. The first-order valence-electron chi connectivity index (χ1n) is 6.66. The number of hydrogen-bond donors (Lipinski definition) is 0. The van der Waals surface area contributed by atoms with Crippen LogP contribution < -0.4 is 0 Å². The van der Waals surface area contributed by atoms with Gasteiger partial charge in [0.1, 0.15) is 11.9 Å². The molecule has 2 aromatic rings. The van der Waals surface area contributed by atoms with Gasteiger partial charge >= 0.3 is 0 Å². The summed E-state index contributed by atoms with van der Waals surface area (Å²) >= 11 is 0. The molecule has 1 aliphatic carbocycles. The monoisotopic (exact) mass is 258 g/mol. The Labute approximate surface area is 112 Å². The number of methoxy groups -OCH3 is 1. The van der Waals surface area contributed by atoms with Crippen molar-refractivity contribution >= 4 is 16.8 Å². The van der Waals surface area contributed by atoms with E-state index in [1.54, 1.807) is 7.11 Å². The van der Waals surface area contributed by atoms with Gasteiger partial charge in [0, 0.05) is 14.2 Å². The van der Waals surface area contributed by atoms with E-state index in [9.17, 15) is 4.79 Å². The van der Waals surface area contributed by atoms with Gasteiger partial charge in [-0.3, -0.25) is 4.79 Å². The molecule has 1 aromatic heterocycles. The molecule has 1 saturated carbocycles. The fourth-order valence-electron chi connectivity index (χ4n) is 2.60. The SMILES string of the molecule is COC(C(=O)Cc1nc2ccccc2n1C)C1CC1. The lowest BCUT2D eigenvalue weighted by Gasteiger charge is -2.12. The maximum atomic E-state index is 12.3. The first-order chi connectivity index (χ1) is 9.20. The number of carbonyl (C=O) groups is 1. The average molecular weight is 258 g/mol. The molecule has 4 nitrogen and oxygen atoms in total. The molecule has 0 radical (unpaired) electrons. The van der Waals surface area contributed by atoms with E-state index in [1.165, 1.54) is 0 Å². The fraction of sp³-hybridized carbons (Fsp3) is 0.467. The molecule has 0 saturated heterocycles. The smallest absolute Gasteiger partial charge is 0.169 e. The quantitative estimate of drug-likeness (QED) is 0.825. The third kappa shape index (κ3) is 2.28. The summed E-state index contributed by atoms with van der Waals surface area (Å²) < 4.78 is 7.33. The van der Waals surface area contributed by atoms with Crippen LogP contribution in [0.5, 0.6) is 0 Å². The molecular weight excluding hydrogens is 240 g/mol. The Balaban J connectivity index is 1.84. The third-order valence-corrected chi connectivity index (χ3v) is 3.83. The van der Waals surface area contributed by atoms with E-state index in [2.05, 4.69) is 4.98 Å². The number of carbonyl (C=O) groups excluding carboxylic acids is 1. The Morgan fingerprint density at radius 2 is 2.21 bits per heavy atom. The molecule has 1 fully saturated rings. The van der Waals surface area contributed by atoms with Gasteiger partial charge in [-0.05, 0) is 30.9 Å². The molecule has 0 N–H and O–H groups in total. The summed E-state index contributed by atoms with van der Waals surface area (Å²) in [5.74, 6) is 1.38. The number of nitrogens with zero attached hydrogens (tertiary/aromatic N) is 2. The summed E-state index contributed by atoms with van der Waals surface area (Å²) in [5.41, 5.74) is 2.00. The van der Waals surface area contributed by atoms with Crippen molar-refractivity contribution in [1.29, 1.82) is 0 Å². The summed E-state index contributed by atoms with van der Waals surface area (Å²) in [4.78, 5) is 16.8. The lowest BCUT2D eigenvalue weighted by molar-refractivity contribution is -0.129. The van der Waals surface area contributed by atoms with E-state index >= 15 is 0 Å². The molecular formula is C15H18N2O2. The van der Waals surface area contributed by atoms with Gasteiger partial charge in [0.15, 0.2) is 5.78 Å². The first kappa shape index (κ1) is 12.4. The van der Waals surface area contributed by atoms with Crippen molar-refractivity contribution in [2.24, 2.45) is 13.0 Å². The van der Waals surface area contributed by atoms with E-state index in [0.717, 1.165) is 29.7 Å². The summed E-state index contributed by atoms with van der Waals surface area (Å²) in [5, 5.41) is 0. The molecule has 3 rings (SSSR count). The first-order valence-corrected chi connectivity index (χ1v) is 6.66. The fourth-order valence-corrected chi connectivity index (χ4v) is 2.60. The van der Waals surface area contributed by atoms with Crippen LogP contribution in [0.25, 0.3) is 11.0 Å². The van der Waals surface area contributed by atoms with Crippen molar-refractivity contribution in [3.63, 3.8) is 0 Å². The number of ether oxygens (including phenoxy) is 1. The van der Waals surface area contributed by atoms with E-state index in [4.69, 9.17) is 4.74 Å². The zero-order valence-electron chi connectivity index (χ0n) is 11.3. The number of fused-ring (bicyclic) bond motifs is 1.